The van der Waals surface area contributed by atoms with Crippen LogP contribution < -0.4 is 4.74 Å². The lowest BCUT2D eigenvalue weighted by atomic mass is 9.73. The van der Waals surface area contributed by atoms with E-state index in [1.54, 1.807) is 41.5 Å². The van der Waals surface area contributed by atoms with Gasteiger partial charge in [-0.05, 0) is 105 Å². The van der Waals surface area contributed by atoms with E-state index >= 15 is 0 Å². The quantitative estimate of drug-likeness (QED) is 0.124. The van der Waals surface area contributed by atoms with Crippen molar-refractivity contribution in [1.29, 1.82) is 0 Å². The molecule has 1 aliphatic rings. The number of aromatic hydroxyl groups is 1. The van der Waals surface area contributed by atoms with Crippen molar-refractivity contribution >= 4 is 7.82 Å². The molecule has 37 heavy (non-hydrogen) atoms. The molecule has 1 N–H and O–H groups in total. The third kappa shape index (κ3) is 10.2. The Labute approximate surface area is 225 Å². The van der Waals surface area contributed by atoms with Crippen LogP contribution in [0.2, 0.25) is 0 Å². The summed E-state index contributed by atoms with van der Waals surface area (Å²) in [6, 6.07) is 3.82. The first-order valence-corrected chi connectivity index (χ1v) is 15.0. The molecule has 0 aliphatic heterocycles. The molecule has 1 aromatic rings. The molecule has 0 bridgehead atoms. The molecule has 2 atom stereocenters. The van der Waals surface area contributed by atoms with Gasteiger partial charge in [-0.2, -0.15) is 0 Å². The Morgan fingerprint density at radius 3 is 2.27 bits per heavy atom. The Kier molecular flexibility index (Phi) is 11.1. The molecule has 0 radical (unpaired) electrons. The van der Waals surface area contributed by atoms with E-state index in [4.69, 9.17) is 18.3 Å². The van der Waals surface area contributed by atoms with Gasteiger partial charge in [0, 0.05) is 11.5 Å². The summed E-state index contributed by atoms with van der Waals surface area (Å²) in [5.74, 6) is 0.829. The summed E-state index contributed by atoms with van der Waals surface area (Å²) in [5.41, 5.74) is 2.55. The van der Waals surface area contributed by atoms with Crippen molar-refractivity contribution < 1.29 is 28.0 Å². The maximum Gasteiger partial charge on any atom is 0.478 e. The van der Waals surface area contributed by atoms with Crippen LogP contribution in [0.4, 0.5) is 0 Å². The van der Waals surface area contributed by atoms with E-state index in [1.165, 1.54) is 5.57 Å². The number of aryl methyl sites for hydroxylation is 1. The highest BCUT2D eigenvalue weighted by Gasteiger charge is 2.38. The molecule has 0 saturated carbocycles. The van der Waals surface area contributed by atoms with Crippen molar-refractivity contribution in [1.82, 2.24) is 0 Å². The van der Waals surface area contributed by atoms with Crippen LogP contribution in [0, 0.1) is 5.92 Å². The van der Waals surface area contributed by atoms with Gasteiger partial charge in [0.05, 0.1) is 11.2 Å². The highest BCUT2D eigenvalue weighted by Crippen LogP contribution is 2.55. The second-order valence-electron chi connectivity index (χ2n) is 12.3. The van der Waals surface area contributed by atoms with Crippen molar-refractivity contribution in [3.63, 3.8) is 0 Å². The molecule has 2 unspecified atom stereocenters. The first-order valence-electron chi connectivity index (χ1n) is 13.5. The molecular formula is C30H49O6P. The largest absolute Gasteiger partial charge is 0.507 e. The first-order chi connectivity index (χ1) is 17.0. The summed E-state index contributed by atoms with van der Waals surface area (Å²) < 4.78 is 36.7. The van der Waals surface area contributed by atoms with Crippen molar-refractivity contribution in [3.05, 3.63) is 47.1 Å². The second-order valence-corrected chi connectivity index (χ2v) is 13.8. The number of hydrogen-bond acceptors (Lipinski definition) is 6. The molecule has 1 aromatic carbocycles. The molecule has 7 heteroatoms. The van der Waals surface area contributed by atoms with E-state index in [0.717, 1.165) is 49.7 Å². The standard InChI is InChI=1S/C30H49O6P/c1-11-12-13-14-23-18-26(31)28(25-17-22(4)15-16-24(25)21(2)3)27(19-23)33-20-34-37(32,35-29(5,6)7)36-30(8,9)10/h17-19,24-25,31H,2,11-16,20H2,1,3-10H3. The Morgan fingerprint density at radius 2 is 1.73 bits per heavy atom. The van der Waals surface area contributed by atoms with Crippen LogP contribution in [0.1, 0.15) is 111 Å². The van der Waals surface area contributed by atoms with E-state index in [9.17, 15) is 9.67 Å². The van der Waals surface area contributed by atoms with Crippen LogP contribution in [-0.2, 0) is 24.6 Å². The molecule has 0 saturated heterocycles. The maximum atomic E-state index is 13.5. The molecule has 0 aromatic heterocycles. The average molecular weight is 537 g/mol. The van der Waals surface area contributed by atoms with Crippen molar-refractivity contribution in [3.8, 4) is 11.5 Å². The zero-order valence-electron chi connectivity index (χ0n) is 24.5. The smallest absolute Gasteiger partial charge is 0.478 e. The molecular weight excluding hydrogens is 487 g/mol. The number of phenolic OH excluding ortho intramolecular Hbond substituents is 1. The fraction of sp³-hybridized carbons (Fsp3) is 0.667. The molecule has 2 rings (SSSR count). The van der Waals surface area contributed by atoms with Crippen molar-refractivity contribution in [2.24, 2.45) is 5.92 Å². The van der Waals surface area contributed by atoms with Gasteiger partial charge in [0.25, 0.3) is 0 Å². The summed E-state index contributed by atoms with van der Waals surface area (Å²) in [6.45, 7) is 21.0. The number of ether oxygens (including phenoxy) is 1. The van der Waals surface area contributed by atoms with Crippen LogP contribution in [-0.4, -0.2) is 23.1 Å². The summed E-state index contributed by atoms with van der Waals surface area (Å²) in [5, 5.41) is 11.2. The SMILES string of the molecule is C=C(C)C1CCC(C)=CC1c1c(O)cc(CCCCC)cc1OCOP(=O)(OC(C)(C)C)OC(C)(C)C. The van der Waals surface area contributed by atoms with Crippen molar-refractivity contribution in [2.75, 3.05) is 6.79 Å². The molecule has 0 amide bonds. The predicted molar refractivity (Wildman–Crippen MR) is 151 cm³/mol. The number of benzene rings is 1. The summed E-state index contributed by atoms with van der Waals surface area (Å²) >= 11 is 0. The van der Waals surface area contributed by atoms with E-state index in [0.29, 0.717) is 11.3 Å². The van der Waals surface area contributed by atoms with Crippen LogP contribution in [0.25, 0.3) is 0 Å². The minimum Gasteiger partial charge on any atom is -0.507 e. The topological polar surface area (TPSA) is 74.2 Å². The van der Waals surface area contributed by atoms with Gasteiger partial charge < -0.3 is 9.84 Å². The van der Waals surface area contributed by atoms with Gasteiger partial charge in [-0.1, -0.05) is 43.6 Å². The maximum absolute atomic E-state index is 13.5. The Bertz CT molecular complexity index is 979. The van der Waals surface area contributed by atoms with Gasteiger partial charge in [0.15, 0.2) is 6.79 Å². The molecule has 0 fully saturated rings. The van der Waals surface area contributed by atoms with E-state index in [2.05, 4.69) is 26.5 Å². The van der Waals surface area contributed by atoms with Gasteiger partial charge in [-0.3, -0.25) is 9.05 Å². The lowest BCUT2D eigenvalue weighted by molar-refractivity contribution is -0.0191. The van der Waals surface area contributed by atoms with Gasteiger partial charge in [-0.15, -0.1) is 0 Å². The number of allylic oxidation sites excluding steroid dienone is 3. The van der Waals surface area contributed by atoms with Crippen LogP contribution >= 0.6 is 7.82 Å². The predicted octanol–water partition coefficient (Wildman–Crippen LogP) is 9.23. The molecule has 6 nitrogen and oxygen atoms in total. The first kappa shape index (κ1) is 31.6. The monoisotopic (exact) mass is 536 g/mol. The summed E-state index contributed by atoms with van der Waals surface area (Å²) in [4.78, 5) is 0. The third-order valence-corrected chi connectivity index (χ3v) is 8.12. The lowest BCUT2D eigenvalue weighted by Gasteiger charge is -2.33. The number of hydrogen-bond donors (Lipinski definition) is 1. The van der Waals surface area contributed by atoms with E-state index in [-0.39, 0.29) is 24.4 Å². The summed E-state index contributed by atoms with van der Waals surface area (Å²) in [7, 11) is -3.94. The van der Waals surface area contributed by atoms with Crippen molar-refractivity contribution in [2.45, 2.75) is 118 Å². The van der Waals surface area contributed by atoms with Gasteiger partial charge in [-0.25, -0.2) is 9.09 Å². The zero-order chi connectivity index (χ0) is 28.0. The minimum atomic E-state index is -3.94. The third-order valence-electron chi connectivity index (χ3n) is 6.16. The lowest BCUT2D eigenvalue weighted by Crippen LogP contribution is -2.25. The fourth-order valence-electron chi connectivity index (χ4n) is 4.65. The average Bonchev–Trinajstić information content (AvgIpc) is 2.70. The van der Waals surface area contributed by atoms with Gasteiger partial charge in [0.1, 0.15) is 11.5 Å². The molecule has 1 aliphatic carbocycles. The fourth-order valence-corrected chi connectivity index (χ4v) is 6.31. The van der Waals surface area contributed by atoms with E-state index < -0.39 is 19.0 Å². The van der Waals surface area contributed by atoms with Gasteiger partial charge >= 0.3 is 7.82 Å². The molecule has 0 heterocycles. The summed E-state index contributed by atoms with van der Waals surface area (Å²) in [6.07, 6.45) is 8.26. The zero-order valence-corrected chi connectivity index (χ0v) is 25.4. The highest BCUT2D eigenvalue weighted by molar-refractivity contribution is 7.48. The van der Waals surface area contributed by atoms with Crippen LogP contribution in [0.3, 0.4) is 0 Å². The van der Waals surface area contributed by atoms with E-state index in [1.807, 2.05) is 19.1 Å². The molecule has 210 valence electrons. The molecule has 0 spiro atoms. The van der Waals surface area contributed by atoms with Crippen LogP contribution in [0.15, 0.2) is 35.9 Å². The number of unbranched alkanes of at least 4 members (excludes halogenated alkanes) is 2. The number of phosphoric acid groups is 1. The highest BCUT2D eigenvalue weighted by atomic mass is 31.2. The number of phosphoric ester groups is 1. The Balaban J connectivity index is 2.42. The Morgan fingerprint density at radius 1 is 1.11 bits per heavy atom. The second kappa shape index (κ2) is 13.0. The Hall–Kier alpha value is -1.59. The van der Waals surface area contributed by atoms with Gasteiger partial charge in [0.2, 0.25) is 0 Å². The number of rotatable bonds is 12. The number of phenols is 1. The minimum absolute atomic E-state index is 0.0746. The normalized spacial score (nSPS) is 19.0. The van der Waals surface area contributed by atoms with Crippen LogP contribution in [0.5, 0.6) is 11.5 Å².